The molecular weight excluding hydrogens is 1450 g/mol. The van der Waals surface area contributed by atoms with E-state index >= 15 is 0 Å². The zero-order chi connectivity index (χ0) is 79.2. The molecule has 9 aliphatic heterocycles. The summed E-state index contributed by atoms with van der Waals surface area (Å²) in [4.78, 5) is 124. The Morgan fingerprint density at radius 2 is 1.05 bits per heavy atom. The van der Waals surface area contributed by atoms with E-state index in [-0.39, 0.29) is 98.5 Å². The number of aromatic amines is 4. The van der Waals surface area contributed by atoms with Crippen LogP contribution in [0.1, 0.15) is 259 Å². The molecular formula is C83H97N13O13S2. The van der Waals surface area contributed by atoms with Crippen LogP contribution in [0.15, 0.2) is 66.7 Å². The number of amides is 4. The van der Waals surface area contributed by atoms with Crippen molar-refractivity contribution in [3.63, 3.8) is 0 Å². The van der Waals surface area contributed by atoms with Gasteiger partial charge in [0.05, 0.1) is 111 Å². The van der Waals surface area contributed by atoms with Gasteiger partial charge < -0.3 is 65.2 Å². The summed E-state index contributed by atoms with van der Waals surface area (Å²) in [6.07, 6.45) is 1.12. The normalized spacial score (nSPS) is 21.1. The van der Waals surface area contributed by atoms with Crippen LogP contribution in [-0.4, -0.2) is 194 Å². The molecule has 13 rings (SSSR count). The molecule has 0 aromatic carbocycles. The summed E-state index contributed by atoms with van der Waals surface area (Å²) in [6, 6.07) is 10.7. The van der Waals surface area contributed by atoms with Crippen molar-refractivity contribution >= 4 is 137 Å². The van der Waals surface area contributed by atoms with Crippen LogP contribution in [-0.2, 0) is 23.8 Å². The molecule has 4 aromatic heterocycles. The third kappa shape index (κ3) is 15.1. The molecule has 10 N–H and O–H groups in total. The van der Waals surface area contributed by atoms with Crippen molar-refractivity contribution in [2.45, 2.75) is 182 Å². The van der Waals surface area contributed by atoms with Crippen LogP contribution in [0.5, 0.6) is 0 Å². The number of thiocarbonyl (C=S) groups is 2. The lowest BCUT2D eigenvalue weighted by atomic mass is 9.84. The number of aromatic nitrogens is 8. The number of carbonyl (C=O) groups is 6. The molecule has 0 spiro atoms. The average Bonchev–Trinajstić information content (AvgIpc) is 1.58. The van der Waals surface area contributed by atoms with Crippen LogP contribution >= 0.6 is 24.4 Å². The summed E-state index contributed by atoms with van der Waals surface area (Å²) < 4.78 is 15.2. The summed E-state index contributed by atoms with van der Waals surface area (Å²) in [7, 11) is 2.71. The molecule has 1 saturated heterocycles. The SMILES string of the molecule is C.C=CC1=C(C)c2cc3[nH]c(c4c5[nH]c(cc6nc(cc1n2)C(C)=C6CC)c(C)c5C(=O)N(CCCN=C=S)C4=O)[C@@H](CCC(=O)OC)[C@@H]3C.C=CC1=C(C)c2cc3[nH]c(c4c5[nH]c(cc6nc(cc1n2)C(C)=C6CC)c(C)c5C(=O)N(CCCNC(=S)NC1C(O)OC(CO)C(O)C1O)C4=O)[C@@H](CCC(=O)OC)[C@@H]3C. The number of ether oxygens (including phenoxy) is 3. The summed E-state index contributed by atoms with van der Waals surface area (Å²) >= 11 is 10.1. The highest BCUT2D eigenvalue weighted by molar-refractivity contribution is 7.80. The maximum Gasteiger partial charge on any atom is 0.305 e. The first kappa shape index (κ1) is 81.7. The van der Waals surface area contributed by atoms with Gasteiger partial charge in [-0.25, -0.2) is 24.9 Å². The number of methoxy groups -OCH3 is 2. The van der Waals surface area contributed by atoms with Gasteiger partial charge in [-0.15, -0.1) is 0 Å². The first-order chi connectivity index (χ1) is 52.7. The molecule has 0 saturated carbocycles. The zero-order valence-corrected chi connectivity index (χ0v) is 65.5. The van der Waals surface area contributed by atoms with Gasteiger partial charge in [0.15, 0.2) is 11.4 Å². The molecule has 28 heteroatoms. The lowest BCUT2D eigenvalue weighted by Gasteiger charge is -2.40. The molecule has 13 heterocycles. The van der Waals surface area contributed by atoms with Crippen LogP contribution < -0.4 is 10.6 Å². The van der Waals surface area contributed by atoms with Gasteiger partial charge in [-0.3, -0.25) is 38.6 Å². The largest absolute Gasteiger partial charge is 0.469 e. The summed E-state index contributed by atoms with van der Waals surface area (Å²) in [6.45, 7) is 28.4. The molecule has 16 bridgehead atoms. The number of imide groups is 2. The first-order valence-corrected chi connectivity index (χ1v) is 38.0. The van der Waals surface area contributed by atoms with Crippen molar-refractivity contribution in [1.82, 2.24) is 60.3 Å². The van der Waals surface area contributed by atoms with Crippen molar-refractivity contribution < 1.29 is 63.4 Å². The summed E-state index contributed by atoms with van der Waals surface area (Å²) in [5.41, 5.74) is 21.9. The summed E-state index contributed by atoms with van der Waals surface area (Å²) in [5, 5.41) is 48.7. The van der Waals surface area contributed by atoms with E-state index in [1.807, 2.05) is 84.0 Å². The number of esters is 2. The number of hydrogen-bond donors (Lipinski definition) is 10. The average molecular weight is 1550 g/mol. The van der Waals surface area contributed by atoms with Gasteiger partial charge in [0.25, 0.3) is 23.6 Å². The Morgan fingerprint density at radius 1 is 0.622 bits per heavy atom. The van der Waals surface area contributed by atoms with Crippen molar-refractivity contribution in [2.24, 2.45) is 4.99 Å². The smallest absolute Gasteiger partial charge is 0.305 e. The Bertz CT molecular complexity index is 5220. The standard InChI is InChI=1S/C44H53N7O9S.C38H40N6O4S.CH4/c1-8-23-19(3)26-15-28-21(5)25(11-12-33(53)59-7)36(48-28)35-37-34(22(6)29(49-37)17-31-24(9-2)20(4)27(47-31)16-30(23)46-26)41(56)51(42(35)57)14-10-13-45-44(61)50-38-40(55)39(54)32(18-52)60-43(38)58;1-8-23-19(3)26-15-28-21(5)25(11-12-32(45)48-7)35(42-28)34-36-33(37(46)44(38(34)47)14-10-13-39-18-49)22(6)29(43-36)17-31-24(9-2)20(4)27(41-31)16-30(23)40-26;/h8,15-17,21,25,32,38-40,43,48-49,52,54-55,58H,1,9-14,18H2,2-7H3,(H2,45,50,61);8,15-17,21,25,42-43H,1,9-14H2,2-7H3;1H4/t21-,25-,32?,38?,39?,40?,43?;21-,25-;/m00./s1. The number of aryl methyl sites for hydroxylation is 2. The van der Waals surface area contributed by atoms with Gasteiger partial charge in [0.2, 0.25) is 0 Å². The maximum absolute atomic E-state index is 14.9. The number of allylic oxidation sites excluding steroid dienone is 10. The molecule has 4 aromatic rings. The number of nitrogens with one attached hydrogen (secondary N) is 6. The molecule has 9 atom stereocenters. The molecule has 111 heavy (non-hydrogen) atoms. The second-order valence-electron chi connectivity index (χ2n) is 28.7. The Kier molecular flexibility index (Phi) is 24.8. The Hall–Kier alpha value is -10.3. The highest BCUT2D eigenvalue weighted by Crippen LogP contribution is 2.48. The fourth-order valence-electron chi connectivity index (χ4n) is 16.3. The van der Waals surface area contributed by atoms with E-state index in [0.29, 0.717) is 87.9 Å². The van der Waals surface area contributed by atoms with E-state index in [2.05, 4.69) is 81.6 Å². The van der Waals surface area contributed by atoms with E-state index in [0.717, 1.165) is 114 Å². The minimum Gasteiger partial charge on any atom is -0.469 e. The van der Waals surface area contributed by atoms with E-state index in [1.165, 1.54) is 24.0 Å². The Balaban J connectivity index is 0.000000223. The minimum atomic E-state index is -1.57. The number of rotatable bonds is 20. The second-order valence-corrected chi connectivity index (χ2v) is 29.3. The van der Waals surface area contributed by atoms with Crippen LogP contribution in [0.3, 0.4) is 0 Å². The van der Waals surface area contributed by atoms with Crippen LogP contribution in [0.25, 0.3) is 66.7 Å². The van der Waals surface area contributed by atoms with Gasteiger partial charge in [-0.05, 0) is 185 Å². The van der Waals surface area contributed by atoms with E-state index < -0.39 is 55.0 Å². The van der Waals surface area contributed by atoms with Crippen molar-refractivity contribution in [3.8, 4) is 0 Å². The minimum absolute atomic E-state index is 0. The van der Waals surface area contributed by atoms with Gasteiger partial charge >= 0.3 is 11.9 Å². The fraction of sp³-hybridized carbons (Fsp3) is 0.422. The molecule has 4 amide bonds. The van der Waals surface area contributed by atoms with Gasteiger partial charge in [0.1, 0.15) is 24.4 Å². The lowest BCUT2D eigenvalue weighted by molar-refractivity contribution is -0.252. The van der Waals surface area contributed by atoms with E-state index in [9.17, 15) is 49.2 Å². The molecule has 5 unspecified atom stereocenters. The number of carbonyl (C=O) groups excluding carboxylic acids is 6. The summed E-state index contributed by atoms with van der Waals surface area (Å²) in [5.74, 6) is -3.41. The Labute approximate surface area is 654 Å². The van der Waals surface area contributed by atoms with Crippen LogP contribution in [0.4, 0.5) is 0 Å². The van der Waals surface area contributed by atoms with E-state index in [1.54, 1.807) is 6.08 Å². The number of hydrogen-bond acceptors (Lipinski definition) is 20. The number of aliphatic imine (C=N–C) groups is 1. The Morgan fingerprint density at radius 3 is 1.46 bits per heavy atom. The monoisotopic (exact) mass is 1550 g/mol. The zero-order valence-electron chi connectivity index (χ0n) is 63.8. The van der Waals surface area contributed by atoms with Crippen LogP contribution in [0, 0.1) is 13.8 Å². The van der Waals surface area contributed by atoms with E-state index in [4.69, 9.17) is 58.6 Å². The molecule has 584 valence electrons. The number of aliphatic hydroxyl groups is 4. The highest BCUT2D eigenvalue weighted by atomic mass is 32.1. The molecule has 0 radical (unpaired) electrons. The predicted molar refractivity (Wildman–Crippen MR) is 434 cm³/mol. The van der Waals surface area contributed by atoms with Gasteiger partial charge in [-0.2, -0.15) is 0 Å². The topological polar surface area (TPSA) is 369 Å². The number of fused-ring (bicyclic) bond motifs is 16. The van der Waals surface area contributed by atoms with Gasteiger partial charge in [-0.1, -0.05) is 60.4 Å². The van der Waals surface area contributed by atoms with Gasteiger partial charge in [0, 0.05) is 101 Å². The van der Waals surface area contributed by atoms with Crippen molar-refractivity contribution in [1.29, 1.82) is 0 Å². The predicted octanol–water partition coefficient (Wildman–Crippen LogP) is 12.3. The first-order valence-electron chi connectivity index (χ1n) is 37.1. The quantitative estimate of drug-likeness (QED) is 0.0129. The molecule has 0 aliphatic carbocycles. The molecule has 9 aliphatic rings. The van der Waals surface area contributed by atoms with Crippen molar-refractivity contribution in [3.05, 3.63) is 163 Å². The molecule has 1 fully saturated rings. The third-order valence-electron chi connectivity index (χ3n) is 22.7. The fourth-order valence-corrected chi connectivity index (χ4v) is 16.6. The molecule has 26 nitrogen and oxygen atoms in total. The lowest BCUT2D eigenvalue weighted by Crippen LogP contribution is -2.65. The highest BCUT2D eigenvalue weighted by Gasteiger charge is 2.46. The third-order valence-corrected chi connectivity index (χ3v) is 23.1. The number of aliphatic hydroxyl groups excluding tert-OH is 4. The second kappa shape index (κ2) is 33.7. The number of nitrogens with zero attached hydrogens (tertiary/aromatic N) is 7. The number of isothiocyanates is 1. The van der Waals surface area contributed by atoms with Crippen LogP contribution in [0.2, 0.25) is 0 Å². The number of H-pyrrole nitrogens is 4. The maximum atomic E-state index is 14.9. The van der Waals surface area contributed by atoms with Crippen molar-refractivity contribution in [2.75, 3.05) is 47.0 Å².